The molecule has 5 heteroatoms. The van der Waals surface area contributed by atoms with E-state index in [9.17, 15) is 4.39 Å². The van der Waals surface area contributed by atoms with Gasteiger partial charge < -0.3 is 10.3 Å². The lowest BCUT2D eigenvalue weighted by molar-refractivity contribution is 0.628. The molecule has 0 saturated heterocycles. The molecule has 0 atom stereocenters. The van der Waals surface area contributed by atoms with Crippen LogP contribution in [0.5, 0.6) is 0 Å². The fourth-order valence-corrected chi connectivity index (χ4v) is 2.40. The Balaban J connectivity index is 1.86. The number of anilines is 1. The van der Waals surface area contributed by atoms with Crippen molar-refractivity contribution in [1.29, 1.82) is 0 Å². The number of nitrogens with zero attached hydrogens (tertiary/aromatic N) is 2. The summed E-state index contributed by atoms with van der Waals surface area (Å²) in [7, 11) is 0. The molecule has 0 spiro atoms. The zero-order valence-corrected chi connectivity index (χ0v) is 11.7. The van der Waals surface area contributed by atoms with Crippen molar-refractivity contribution >= 4 is 16.9 Å². The molecule has 1 saturated carbocycles. The van der Waals surface area contributed by atoms with Crippen LogP contribution in [0.2, 0.25) is 0 Å². The summed E-state index contributed by atoms with van der Waals surface area (Å²) in [4.78, 5) is 12.4. The Hall–Kier alpha value is -2.43. The van der Waals surface area contributed by atoms with Crippen molar-refractivity contribution < 1.29 is 4.39 Å². The lowest BCUT2D eigenvalue weighted by Crippen LogP contribution is -2.05. The molecule has 106 valence electrons. The minimum absolute atomic E-state index is 0.258. The number of rotatable bonds is 3. The highest BCUT2D eigenvalue weighted by Gasteiger charge is 2.23. The van der Waals surface area contributed by atoms with E-state index in [1.54, 1.807) is 12.1 Å². The third-order valence-electron chi connectivity index (χ3n) is 3.64. The van der Waals surface area contributed by atoms with Crippen LogP contribution in [-0.4, -0.2) is 21.0 Å². The smallest absolute Gasteiger partial charge is 0.163 e. The van der Waals surface area contributed by atoms with E-state index in [-0.39, 0.29) is 5.82 Å². The molecule has 4 nitrogen and oxygen atoms in total. The molecule has 1 aliphatic rings. The first-order valence-corrected chi connectivity index (χ1v) is 7.09. The summed E-state index contributed by atoms with van der Waals surface area (Å²) < 4.78 is 13.1. The summed E-state index contributed by atoms with van der Waals surface area (Å²) in [6, 6.07) is 8.82. The summed E-state index contributed by atoms with van der Waals surface area (Å²) >= 11 is 0. The molecule has 4 rings (SSSR count). The van der Waals surface area contributed by atoms with Gasteiger partial charge in [0, 0.05) is 17.3 Å². The van der Waals surface area contributed by atoms with Gasteiger partial charge in [-0.2, -0.15) is 0 Å². The minimum atomic E-state index is -0.258. The molecule has 0 amide bonds. The van der Waals surface area contributed by atoms with Gasteiger partial charge in [0.1, 0.15) is 17.3 Å². The van der Waals surface area contributed by atoms with Crippen molar-refractivity contribution in [3.8, 4) is 11.4 Å². The molecule has 0 unspecified atom stereocenters. The van der Waals surface area contributed by atoms with Crippen molar-refractivity contribution in [2.24, 2.45) is 0 Å². The Morgan fingerprint density at radius 2 is 1.95 bits per heavy atom. The Morgan fingerprint density at radius 3 is 2.67 bits per heavy atom. The van der Waals surface area contributed by atoms with Gasteiger partial charge in [0.15, 0.2) is 5.82 Å². The van der Waals surface area contributed by atoms with Crippen LogP contribution >= 0.6 is 0 Å². The molecular weight excluding hydrogens is 267 g/mol. The zero-order chi connectivity index (χ0) is 14.4. The third kappa shape index (κ3) is 2.35. The molecule has 21 heavy (non-hydrogen) atoms. The van der Waals surface area contributed by atoms with E-state index in [0.29, 0.717) is 11.9 Å². The highest BCUT2D eigenvalue weighted by atomic mass is 19.1. The average Bonchev–Trinajstić information content (AvgIpc) is 3.19. The zero-order valence-electron chi connectivity index (χ0n) is 11.7. The van der Waals surface area contributed by atoms with Crippen molar-refractivity contribution in [2.45, 2.75) is 25.8 Å². The maximum atomic E-state index is 13.1. The van der Waals surface area contributed by atoms with Gasteiger partial charge >= 0.3 is 0 Å². The van der Waals surface area contributed by atoms with Gasteiger partial charge in [-0.1, -0.05) is 0 Å². The number of aromatic amines is 1. The lowest BCUT2D eigenvalue weighted by atomic mass is 10.2. The van der Waals surface area contributed by atoms with Gasteiger partial charge in [-0.05, 0) is 50.1 Å². The van der Waals surface area contributed by atoms with Crippen LogP contribution in [0.1, 0.15) is 18.5 Å². The normalized spacial score (nSPS) is 14.6. The third-order valence-corrected chi connectivity index (χ3v) is 3.64. The maximum absolute atomic E-state index is 13.1. The highest BCUT2D eigenvalue weighted by Crippen LogP contribution is 2.30. The van der Waals surface area contributed by atoms with Gasteiger partial charge in [0.2, 0.25) is 0 Å². The minimum Gasteiger partial charge on any atom is -0.367 e. The fourth-order valence-electron chi connectivity index (χ4n) is 2.40. The first-order valence-electron chi connectivity index (χ1n) is 7.09. The van der Waals surface area contributed by atoms with Crippen molar-refractivity contribution in [3.05, 3.63) is 41.8 Å². The summed E-state index contributed by atoms with van der Waals surface area (Å²) in [5.41, 5.74) is 2.67. The second-order valence-electron chi connectivity index (χ2n) is 5.54. The molecule has 3 aromatic rings. The van der Waals surface area contributed by atoms with E-state index in [1.807, 2.05) is 6.92 Å². The van der Waals surface area contributed by atoms with Crippen LogP contribution in [0.4, 0.5) is 10.2 Å². The lowest BCUT2D eigenvalue weighted by Gasteiger charge is -2.08. The molecule has 1 aromatic carbocycles. The molecule has 2 aromatic heterocycles. The Kier molecular flexibility index (Phi) is 2.67. The molecule has 1 aliphatic carbocycles. The number of aromatic nitrogens is 3. The Bertz CT molecular complexity index is 803. The predicted molar refractivity (Wildman–Crippen MR) is 80.7 cm³/mol. The van der Waals surface area contributed by atoms with Crippen LogP contribution in [0.3, 0.4) is 0 Å². The topological polar surface area (TPSA) is 53.6 Å². The fraction of sp³-hybridized carbons (Fsp3) is 0.250. The molecule has 0 bridgehead atoms. The molecule has 1 fully saturated rings. The summed E-state index contributed by atoms with van der Waals surface area (Å²) in [6.45, 7) is 2.00. The van der Waals surface area contributed by atoms with Gasteiger partial charge in [-0.3, -0.25) is 0 Å². The first kappa shape index (κ1) is 12.3. The van der Waals surface area contributed by atoms with Crippen LogP contribution in [0.15, 0.2) is 30.3 Å². The van der Waals surface area contributed by atoms with Crippen molar-refractivity contribution in [2.75, 3.05) is 5.32 Å². The standard InChI is InChI=1S/C16H15FN4/c1-9-8-13-15(18-9)20-14(10-2-4-11(17)5-3-10)21-16(13)19-12-6-7-12/h2-5,8,12H,6-7H2,1H3,(H2,18,19,20,21). The van der Waals surface area contributed by atoms with Crippen LogP contribution in [0.25, 0.3) is 22.4 Å². The number of hydrogen-bond donors (Lipinski definition) is 2. The SMILES string of the molecule is Cc1cc2c(NC3CC3)nc(-c3ccc(F)cc3)nc2[nH]1. The Morgan fingerprint density at radius 1 is 1.19 bits per heavy atom. The number of benzene rings is 1. The van der Waals surface area contributed by atoms with E-state index in [2.05, 4.69) is 26.3 Å². The number of hydrogen-bond acceptors (Lipinski definition) is 3. The first-order chi connectivity index (χ1) is 10.2. The van der Waals surface area contributed by atoms with E-state index < -0.39 is 0 Å². The number of halogens is 1. The monoisotopic (exact) mass is 282 g/mol. The van der Waals surface area contributed by atoms with E-state index >= 15 is 0 Å². The number of aryl methyl sites for hydroxylation is 1. The molecule has 2 N–H and O–H groups in total. The Labute approximate surface area is 121 Å². The quantitative estimate of drug-likeness (QED) is 0.771. The number of H-pyrrole nitrogens is 1. The van der Waals surface area contributed by atoms with Crippen molar-refractivity contribution in [1.82, 2.24) is 15.0 Å². The van der Waals surface area contributed by atoms with E-state index in [1.165, 1.54) is 25.0 Å². The second-order valence-corrected chi connectivity index (χ2v) is 5.54. The average molecular weight is 282 g/mol. The molecular formula is C16H15FN4. The van der Waals surface area contributed by atoms with Crippen LogP contribution in [0, 0.1) is 12.7 Å². The largest absolute Gasteiger partial charge is 0.367 e. The molecule has 0 radical (unpaired) electrons. The summed E-state index contributed by atoms with van der Waals surface area (Å²) in [5, 5.41) is 4.45. The predicted octanol–water partition coefficient (Wildman–Crippen LogP) is 3.65. The molecule has 2 heterocycles. The van der Waals surface area contributed by atoms with Gasteiger partial charge in [0.25, 0.3) is 0 Å². The second kappa shape index (κ2) is 4.55. The van der Waals surface area contributed by atoms with Gasteiger partial charge in [-0.15, -0.1) is 0 Å². The van der Waals surface area contributed by atoms with E-state index in [4.69, 9.17) is 0 Å². The van der Waals surface area contributed by atoms with Gasteiger partial charge in [-0.25, -0.2) is 14.4 Å². The summed E-state index contributed by atoms with van der Waals surface area (Å²) in [6.07, 6.45) is 2.36. The number of nitrogens with one attached hydrogen (secondary N) is 2. The maximum Gasteiger partial charge on any atom is 0.163 e. The van der Waals surface area contributed by atoms with Gasteiger partial charge in [0.05, 0.1) is 5.39 Å². The van der Waals surface area contributed by atoms with Crippen molar-refractivity contribution in [3.63, 3.8) is 0 Å². The molecule has 0 aliphatic heterocycles. The van der Waals surface area contributed by atoms with Crippen LogP contribution in [-0.2, 0) is 0 Å². The van der Waals surface area contributed by atoms with Crippen LogP contribution < -0.4 is 5.32 Å². The summed E-state index contributed by atoms with van der Waals surface area (Å²) in [5.74, 6) is 1.20. The number of fused-ring (bicyclic) bond motifs is 1. The van der Waals surface area contributed by atoms with E-state index in [0.717, 1.165) is 28.1 Å². The highest BCUT2D eigenvalue weighted by molar-refractivity contribution is 5.89.